The summed E-state index contributed by atoms with van der Waals surface area (Å²) in [5.41, 5.74) is 3.13. The molecular weight excluding hydrogens is 306 g/mol. The Kier molecular flexibility index (Phi) is 6.35. The molecule has 3 N–H and O–H groups in total. The normalized spacial score (nSPS) is 12.0. The molecule has 0 saturated carbocycles. The van der Waals surface area contributed by atoms with Gasteiger partial charge in [-0.25, -0.2) is 4.79 Å². The van der Waals surface area contributed by atoms with E-state index in [-0.39, 0.29) is 24.4 Å². The standard InChI is InChI=1S/C19H23NO4/c1-13(15-4-3-5-16(11-15)19(23)24-2)20-9-8-14-6-7-18(22)17(10-14)12-21/h3-7,10-11,13,20-22H,8-9,12H2,1-2H3. The summed E-state index contributed by atoms with van der Waals surface area (Å²) >= 11 is 0. The Hall–Kier alpha value is -2.37. The predicted octanol–water partition coefficient (Wildman–Crippen LogP) is 2.56. The maximum atomic E-state index is 11.6. The van der Waals surface area contributed by atoms with Crippen LogP contribution in [0.3, 0.4) is 0 Å². The molecule has 0 spiro atoms. The van der Waals surface area contributed by atoms with Gasteiger partial charge in [-0.15, -0.1) is 0 Å². The second-order valence-electron chi connectivity index (χ2n) is 5.66. The first-order valence-corrected chi connectivity index (χ1v) is 7.88. The lowest BCUT2D eigenvalue weighted by molar-refractivity contribution is 0.0600. The summed E-state index contributed by atoms with van der Waals surface area (Å²) in [5.74, 6) is -0.230. The first-order valence-electron chi connectivity index (χ1n) is 7.88. The van der Waals surface area contributed by atoms with Crippen molar-refractivity contribution >= 4 is 5.97 Å². The van der Waals surface area contributed by atoms with Crippen LogP contribution in [0.15, 0.2) is 42.5 Å². The van der Waals surface area contributed by atoms with Gasteiger partial charge in [0.25, 0.3) is 0 Å². The summed E-state index contributed by atoms with van der Waals surface area (Å²) in [6.45, 7) is 2.59. The Bertz CT molecular complexity index is 700. The van der Waals surface area contributed by atoms with Crippen LogP contribution in [0, 0.1) is 0 Å². The van der Waals surface area contributed by atoms with Crippen LogP contribution in [0.2, 0.25) is 0 Å². The number of esters is 1. The van der Waals surface area contributed by atoms with E-state index in [4.69, 9.17) is 4.74 Å². The van der Waals surface area contributed by atoms with Gasteiger partial charge in [0.2, 0.25) is 0 Å². The molecule has 5 nitrogen and oxygen atoms in total. The van der Waals surface area contributed by atoms with Crippen molar-refractivity contribution in [2.24, 2.45) is 0 Å². The van der Waals surface area contributed by atoms with Crippen LogP contribution in [0.25, 0.3) is 0 Å². The molecule has 0 aliphatic rings. The van der Waals surface area contributed by atoms with Crippen molar-refractivity contribution in [2.45, 2.75) is 26.0 Å². The van der Waals surface area contributed by atoms with Crippen molar-refractivity contribution in [3.63, 3.8) is 0 Å². The van der Waals surface area contributed by atoms with Crippen LogP contribution in [-0.2, 0) is 17.8 Å². The van der Waals surface area contributed by atoms with Gasteiger partial charge in [0, 0.05) is 11.6 Å². The molecule has 1 unspecified atom stereocenters. The minimum Gasteiger partial charge on any atom is -0.508 e. The zero-order valence-corrected chi connectivity index (χ0v) is 14.0. The molecule has 2 aromatic carbocycles. The van der Waals surface area contributed by atoms with Crippen molar-refractivity contribution in [3.8, 4) is 5.75 Å². The molecule has 0 amide bonds. The highest BCUT2D eigenvalue weighted by Gasteiger charge is 2.10. The van der Waals surface area contributed by atoms with Gasteiger partial charge in [-0.05, 0) is 55.3 Å². The summed E-state index contributed by atoms with van der Waals surface area (Å²) in [5, 5.41) is 22.2. The average molecular weight is 329 g/mol. The van der Waals surface area contributed by atoms with E-state index in [9.17, 15) is 15.0 Å². The third-order valence-electron chi connectivity index (χ3n) is 3.99. The number of carbonyl (C=O) groups is 1. The highest BCUT2D eigenvalue weighted by molar-refractivity contribution is 5.89. The lowest BCUT2D eigenvalue weighted by Gasteiger charge is -2.15. The topological polar surface area (TPSA) is 78.8 Å². The number of aliphatic hydroxyl groups is 1. The van der Waals surface area contributed by atoms with Crippen molar-refractivity contribution in [1.29, 1.82) is 0 Å². The number of hydrogen-bond donors (Lipinski definition) is 3. The van der Waals surface area contributed by atoms with Gasteiger partial charge < -0.3 is 20.3 Å². The van der Waals surface area contributed by atoms with Crippen LogP contribution in [0.1, 0.15) is 40.0 Å². The molecular formula is C19H23NO4. The molecule has 0 bridgehead atoms. The van der Waals surface area contributed by atoms with Crippen LogP contribution < -0.4 is 5.32 Å². The van der Waals surface area contributed by atoms with E-state index < -0.39 is 0 Å². The molecule has 2 aromatic rings. The number of ether oxygens (including phenoxy) is 1. The number of hydrogen-bond acceptors (Lipinski definition) is 5. The lowest BCUT2D eigenvalue weighted by atomic mass is 10.0. The molecule has 24 heavy (non-hydrogen) atoms. The van der Waals surface area contributed by atoms with Crippen molar-refractivity contribution in [2.75, 3.05) is 13.7 Å². The van der Waals surface area contributed by atoms with E-state index in [1.807, 2.05) is 31.2 Å². The van der Waals surface area contributed by atoms with Gasteiger partial charge in [0.05, 0.1) is 19.3 Å². The fourth-order valence-electron chi connectivity index (χ4n) is 2.52. The number of benzene rings is 2. The van der Waals surface area contributed by atoms with Crippen LogP contribution in [0.5, 0.6) is 5.75 Å². The fraction of sp³-hybridized carbons (Fsp3) is 0.316. The Labute approximate surface area is 141 Å². The van der Waals surface area contributed by atoms with Crippen LogP contribution >= 0.6 is 0 Å². The van der Waals surface area contributed by atoms with Crippen LogP contribution in [0.4, 0.5) is 0 Å². The average Bonchev–Trinajstić information content (AvgIpc) is 2.62. The molecule has 0 aliphatic heterocycles. The molecule has 0 heterocycles. The predicted molar refractivity (Wildman–Crippen MR) is 91.9 cm³/mol. The van der Waals surface area contributed by atoms with E-state index in [1.165, 1.54) is 7.11 Å². The summed E-state index contributed by atoms with van der Waals surface area (Å²) in [7, 11) is 1.37. The van der Waals surface area contributed by atoms with Crippen molar-refractivity contribution in [1.82, 2.24) is 5.32 Å². The van der Waals surface area contributed by atoms with Crippen LogP contribution in [-0.4, -0.2) is 29.8 Å². The van der Waals surface area contributed by atoms with Crippen molar-refractivity contribution in [3.05, 3.63) is 64.7 Å². The summed E-state index contributed by atoms with van der Waals surface area (Å²) < 4.78 is 4.74. The van der Waals surface area contributed by atoms with E-state index in [2.05, 4.69) is 5.32 Å². The van der Waals surface area contributed by atoms with E-state index in [0.717, 1.165) is 24.1 Å². The third kappa shape index (κ3) is 4.57. The first kappa shape index (κ1) is 18.0. The fourth-order valence-corrected chi connectivity index (χ4v) is 2.52. The Morgan fingerprint density at radius 1 is 1.25 bits per heavy atom. The quantitative estimate of drug-likeness (QED) is 0.681. The number of methoxy groups -OCH3 is 1. The van der Waals surface area contributed by atoms with E-state index in [1.54, 1.807) is 18.2 Å². The van der Waals surface area contributed by atoms with E-state index in [0.29, 0.717) is 11.1 Å². The molecule has 0 fully saturated rings. The maximum Gasteiger partial charge on any atom is 0.337 e. The number of rotatable bonds is 7. The van der Waals surface area contributed by atoms with Gasteiger partial charge in [0.1, 0.15) is 5.75 Å². The molecule has 0 aliphatic carbocycles. The largest absolute Gasteiger partial charge is 0.508 e. The SMILES string of the molecule is COC(=O)c1cccc(C(C)NCCc2ccc(O)c(CO)c2)c1. The summed E-state index contributed by atoms with van der Waals surface area (Å²) in [4.78, 5) is 11.6. The molecule has 5 heteroatoms. The highest BCUT2D eigenvalue weighted by Crippen LogP contribution is 2.19. The van der Waals surface area contributed by atoms with Crippen molar-refractivity contribution < 1.29 is 19.7 Å². The zero-order valence-electron chi connectivity index (χ0n) is 14.0. The van der Waals surface area contributed by atoms with Gasteiger partial charge in [-0.2, -0.15) is 0 Å². The van der Waals surface area contributed by atoms with Gasteiger partial charge in [-0.3, -0.25) is 0 Å². The number of aromatic hydroxyl groups is 1. The Morgan fingerprint density at radius 2 is 2.04 bits per heavy atom. The Balaban J connectivity index is 1.93. The minimum absolute atomic E-state index is 0.0871. The molecule has 128 valence electrons. The second-order valence-corrected chi connectivity index (χ2v) is 5.66. The second kappa shape index (κ2) is 8.47. The zero-order chi connectivity index (χ0) is 17.5. The minimum atomic E-state index is -0.343. The van der Waals surface area contributed by atoms with E-state index >= 15 is 0 Å². The first-order chi connectivity index (χ1) is 11.5. The molecule has 0 aromatic heterocycles. The number of nitrogens with one attached hydrogen (secondary N) is 1. The molecule has 0 radical (unpaired) electrons. The number of aliphatic hydroxyl groups excluding tert-OH is 1. The Morgan fingerprint density at radius 3 is 2.75 bits per heavy atom. The molecule has 2 rings (SSSR count). The monoisotopic (exact) mass is 329 g/mol. The molecule has 1 atom stereocenters. The summed E-state index contributed by atoms with van der Waals surface area (Å²) in [6.07, 6.45) is 0.772. The maximum absolute atomic E-state index is 11.6. The third-order valence-corrected chi connectivity index (χ3v) is 3.99. The van der Waals surface area contributed by atoms with Gasteiger partial charge in [0.15, 0.2) is 0 Å². The van der Waals surface area contributed by atoms with Gasteiger partial charge in [-0.1, -0.05) is 18.2 Å². The number of phenols is 1. The summed E-state index contributed by atoms with van der Waals surface area (Å²) in [6, 6.07) is 12.7. The molecule has 0 saturated heterocycles. The smallest absolute Gasteiger partial charge is 0.337 e. The highest BCUT2D eigenvalue weighted by atomic mass is 16.5. The van der Waals surface area contributed by atoms with Gasteiger partial charge >= 0.3 is 5.97 Å². The lowest BCUT2D eigenvalue weighted by Crippen LogP contribution is -2.21. The number of carbonyl (C=O) groups excluding carboxylic acids is 1.